The molecule has 0 fully saturated rings. The third kappa shape index (κ3) is 6.74. The van der Waals surface area contributed by atoms with Gasteiger partial charge in [0.2, 0.25) is 0 Å². The Kier molecular flexibility index (Phi) is 6.17. The van der Waals surface area contributed by atoms with Gasteiger partial charge in [0, 0.05) is 4.90 Å². The predicted molar refractivity (Wildman–Crippen MR) is 83.6 cm³/mol. The fourth-order valence-corrected chi connectivity index (χ4v) is 2.86. The van der Waals surface area contributed by atoms with E-state index in [2.05, 4.69) is 6.92 Å². The third-order valence-electron chi connectivity index (χ3n) is 3.31. The van der Waals surface area contributed by atoms with E-state index < -0.39 is 5.51 Å². The molecular weight excluding hydrogens is 295 g/mol. The van der Waals surface area contributed by atoms with Crippen LogP contribution >= 0.6 is 11.8 Å². The van der Waals surface area contributed by atoms with Crippen LogP contribution in [0.5, 0.6) is 0 Å². The van der Waals surface area contributed by atoms with E-state index in [-0.39, 0.29) is 22.1 Å². The average molecular weight is 319 g/mol. The summed E-state index contributed by atoms with van der Waals surface area (Å²) in [7, 11) is 0. The fourth-order valence-electron chi connectivity index (χ4n) is 2.19. The number of thioether (sulfide) groups is 1. The average Bonchev–Trinajstić information content (AvgIpc) is 2.24. The summed E-state index contributed by atoms with van der Waals surface area (Å²) in [6.45, 7) is 8.71. The van der Waals surface area contributed by atoms with Gasteiger partial charge < -0.3 is 5.73 Å². The summed E-state index contributed by atoms with van der Waals surface area (Å²) in [5, 5.41) is 0. The number of halogens is 3. The van der Waals surface area contributed by atoms with E-state index in [1.807, 2.05) is 26.8 Å². The predicted octanol–water partition coefficient (Wildman–Crippen LogP) is 5.12. The molecule has 5 heteroatoms. The first kappa shape index (κ1) is 18.4. The Morgan fingerprint density at radius 3 is 2.24 bits per heavy atom. The lowest BCUT2D eigenvalue weighted by molar-refractivity contribution is -0.0328. The Hall–Kier alpha value is -0.680. The van der Waals surface area contributed by atoms with Crippen LogP contribution in [-0.4, -0.2) is 12.1 Å². The van der Waals surface area contributed by atoms with Crippen LogP contribution in [0.15, 0.2) is 23.1 Å². The molecule has 0 radical (unpaired) electrons. The van der Waals surface area contributed by atoms with Gasteiger partial charge in [-0.2, -0.15) is 13.2 Å². The van der Waals surface area contributed by atoms with Crippen molar-refractivity contribution in [1.29, 1.82) is 0 Å². The molecule has 0 aliphatic heterocycles. The number of rotatable bonds is 5. The number of hydrogen-bond acceptors (Lipinski definition) is 2. The lowest BCUT2D eigenvalue weighted by Crippen LogP contribution is -2.13. The summed E-state index contributed by atoms with van der Waals surface area (Å²) >= 11 is -0.0391. The summed E-state index contributed by atoms with van der Waals surface area (Å²) in [6, 6.07) is 5.32. The molecule has 1 atom stereocenters. The summed E-state index contributed by atoms with van der Waals surface area (Å²) in [5.41, 5.74) is 3.01. The van der Waals surface area contributed by atoms with E-state index in [0.717, 1.165) is 24.0 Å². The Bertz CT molecular complexity index is 464. The van der Waals surface area contributed by atoms with Crippen LogP contribution < -0.4 is 5.73 Å². The maximum Gasteiger partial charge on any atom is 0.446 e. The Balaban J connectivity index is 3.09. The van der Waals surface area contributed by atoms with Gasteiger partial charge in [-0.1, -0.05) is 33.8 Å². The van der Waals surface area contributed by atoms with Gasteiger partial charge in [0.15, 0.2) is 0 Å². The van der Waals surface area contributed by atoms with Crippen LogP contribution in [0.3, 0.4) is 0 Å². The Morgan fingerprint density at radius 1 is 1.14 bits per heavy atom. The smallest absolute Gasteiger partial charge is 0.330 e. The van der Waals surface area contributed by atoms with Crippen LogP contribution in [0.25, 0.3) is 0 Å². The zero-order chi connectivity index (χ0) is 16.3. The van der Waals surface area contributed by atoms with E-state index in [1.165, 1.54) is 0 Å². The second-order valence-electron chi connectivity index (χ2n) is 6.55. The van der Waals surface area contributed by atoms with Crippen molar-refractivity contribution >= 4 is 11.8 Å². The summed E-state index contributed by atoms with van der Waals surface area (Å²) < 4.78 is 37.9. The largest absolute Gasteiger partial charge is 0.446 e. The summed E-state index contributed by atoms with van der Waals surface area (Å²) in [6.07, 6.45) is 1.63. The molecule has 0 heterocycles. The molecule has 21 heavy (non-hydrogen) atoms. The molecule has 1 aromatic carbocycles. The molecule has 2 N–H and O–H groups in total. The fraction of sp³-hybridized carbons (Fsp3) is 0.625. The molecule has 0 bridgehead atoms. The van der Waals surface area contributed by atoms with Crippen molar-refractivity contribution in [2.24, 2.45) is 11.7 Å². The van der Waals surface area contributed by atoms with Crippen molar-refractivity contribution in [2.45, 2.75) is 56.4 Å². The van der Waals surface area contributed by atoms with Crippen molar-refractivity contribution in [3.8, 4) is 0 Å². The molecule has 0 aromatic heterocycles. The maximum atomic E-state index is 12.6. The maximum absolute atomic E-state index is 12.6. The van der Waals surface area contributed by atoms with E-state index in [4.69, 9.17) is 5.73 Å². The number of nitrogens with two attached hydrogens (primary N) is 1. The van der Waals surface area contributed by atoms with E-state index in [9.17, 15) is 13.2 Å². The minimum atomic E-state index is -4.25. The zero-order valence-corrected chi connectivity index (χ0v) is 13.9. The van der Waals surface area contributed by atoms with Gasteiger partial charge >= 0.3 is 5.51 Å². The van der Waals surface area contributed by atoms with Gasteiger partial charge in [0.1, 0.15) is 0 Å². The van der Waals surface area contributed by atoms with Crippen molar-refractivity contribution < 1.29 is 13.2 Å². The molecule has 1 unspecified atom stereocenters. The molecule has 0 aliphatic carbocycles. The highest BCUT2D eigenvalue weighted by Crippen LogP contribution is 2.39. The molecule has 1 nitrogen and oxygen atoms in total. The van der Waals surface area contributed by atoms with Crippen LogP contribution in [0.4, 0.5) is 13.2 Å². The van der Waals surface area contributed by atoms with Crippen molar-refractivity contribution in [3.05, 3.63) is 29.3 Å². The minimum Gasteiger partial charge on any atom is -0.330 e. The van der Waals surface area contributed by atoms with Gasteiger partial charge in [-0.05, 0) is 65.7 Å². The first-order valence-corrected chi connectivity index (χ1v) is 7.93. The number of benzene rings is 1. The second-order valence-corrected chi connectivity index (χ2v) is 7.69. The topological polar surface area (TPSA) is 26.0 Å². The van der Waals surface area contributed by atoms with E-state index in [1.54, 1.807) is 12.1 Å². The monoisotopic (exact) mass is 319 g/mol. The van der Waals surface area contributed by atoms with Gasteiger partial charge in [-0.15, -0.1) is 0 Å². The highest BCUT2D eigenvalue weighted by atomic mass is 32.2. The molecule has 1 aromatic rings. The van der Waals surface area contributed by atoms with Crippen molar-refractivity contribution in [2.75, 3.05) is 6.54 Å². The van der Waals surface area contributed by atoms with Crippen molar-refractivity contribution in [1.82, 2.24) is 0 Å². The molecule has 0 saturated carbocycles. The second kappa shape index (κ2) is 7.05. The minimum absolute atomic E-state index is 0.0391. The quantitative estimate of drug-likeness (QED) is 0.762. The number of hydrogen-bond donors (Lipinski definition) is 1. The lowest BCUT2D eigenvalue weighted by atomic mass is 9.85. The third-order valence-corrected chi connectivity index (χ3v) is 4.01. The number of alkyl halides is 3. The highest BCUT2D eigenvalue weighted by molar-refractivity contribution is 8.00. The van der Waals surface area contributed by atoms with Gasteiger partial charge in [0.25, 0.3) is 0 Å². The van der Waals surface area contributed by atoms with Crippen LogP contribution in [0, 0.1) is 5.92 Å². The van der Waals surface area contributed by atoms with Crippen LogP contribution in [-0.2, 0) is 11.8 Å². The SMILES string of the molecule is CC(CCN)Cc1cc(SC(F)(F)F)cc(C(C)(C)C)c1. The van der Waals surface area contributed by atoms with Gasteiger partial charge in [-0.3, -0.25) is 0 Å². The lowest BCUT2D eigenvalue weighted by Gasteiger charge is -2.22. The molecular formula is C16H24F3NS. The van der Waals surface area contributed by atoms with Crippen LogP contribution in [0.2, 0.25) is 0 Å². The van der Waals surface area contributed by atoms with Crippen molar-refractivity contribution in [3.63, 3.8) is 0 Å². The first-order valence-electron chi connectivity index (χ1n) is 7.11. The molecule has 0 aliphatic rings. The van der Waals surface area contributed by atoms with E-state index >= 15 is 0 Å². The summed E-state index contributed by atoms with van der Waals surface area (Å²) in [4.78, 5) is 0.268. The standard InChI is InChI=1S/C16H24F3NS/c1-11(5-6-20)7-12-8-13(15(2,3)4)10-14(9-12)21-16(17,18)19/h8-11H,5-7,20H2,1-4H3. The molecule has 120 valence electrons. The van der Waals surface area contributed by atoms with Gasteiger partial charge in [-0.25, -0.2) is 0 Å². The molecule has 1 rings (SSSR count). The molecule has 0 saturated heterocycles. The summed E-state index contributed by atoms with van der Waals surface area (Å²) in [5.74, 6) is 0.369. The normalized spacial score (nSPS) is 14.3. The molecule has 0 amide bonds. The zero-order valence-electron chi connectivity index (χ0n) is 13.1. The Labute approximate surface area is 129 Å². The highest BCUT2D eigenvalue weighted by Gasteiger charge is 2.30. The Morgan fingerprint density at radius 2 is 1.76 bits per heavy atom. The van der Waals surface area contributed by atoms with Crippen LogP contribution in [0.1, 0.15) is 45.2 Å². The molecule has 0 spiro atoms. The first-order chi connectivity index (χ1) is 9.51. The van der Waals surface area contributed by atoms with Gasteiger partial charge in [0.05, 0.1) is 0 Å². The van der Waals surface area contributed by atoms with E-state index in [0.29, 0.717) is 12.5 Å².